The van der Waals surface area contributed by atoms with E-state index < -0.39 is 0 Å². The topological polar surface area (TPSA) is 69.0 Å². The van der Waals surface area contributed by atoms with Gasteiger partial charge < -0.3 is 10.1 Å². The second kappa shape index (κ2) is 10.4. The number of aryl methyl sites for hydroxylation is 2. The molecule has 4 rings (SSSR count). The fourth-order valence-electron chi connectivity index (χ4n) is 3.65. The Morgan fingerprint density at radius 3 is 2.36 bits per heavy atom. The molecule has 0 aliphatic rings. The molecular weight excluding hydrogens is 432 g/mol. The number of carbonyl (C=O) groups excluding carboxylic acids is 1. The predicted octanol–water partition coefficient (Wildman–Crippen LogP) is 5.35. The molecule has 0 saturated heterocycles. The number of para-hydroxylation sites is 2. The average molecular weight is 459 g/mol. The van der Waals surface area contributed by atoms with Crippen LogP contribution in [0.25, 0.3) is 11.4 Å². The Morgan fingerprint density at radius 2 is 1.64 bits per heavy atom. The van der Waals surface area contributed by atoms with Gasteiger partial charge in [-0.05, 0) is 42.7 Å². The molecule has 0 aliphatic carbocycles. The highest BCUT2D eigenvalue weighted by atomic mass is 32.2. The smallest absolute Gasteiger partial charge is 0.234 e. The third kappa shape index (κ3) is 5.26. The van der Waals surface area contributed by atoms with Crippen LogP contribution in [0.15, 0.2) is 78.0 Å². The van der Waals surface area contributed by atoms with E-state index in [1.54, 1.807) is 7.11 Å². The molecule has 1 amide bonds. The summed E-state index contributed by atoms with van der Waals surface area (Å²) in [6.07, 6.45) is 0. The van der Waals surface area contributed by atoms with Gasteiger partial charge in [-0.1, -0.05) is 72.4 Å². The Hall–Kier alpha value is -3.58. The van der Waals surface area contributed by atoms with E-state index in [0.29, 0.717) is 17.5 Å². The molecule has 0 radical (unpaired) electrons. The van der Waals surface area contributed by atoms with E-state index in [1.165, 1.54) is 11.8 Å². The van der Waals surface area contributed by atoms with E-state index in [2.05, 4.69) is 27.6 Å². The van der Waals surface area contributed by atoms with Gasteiger partial charge >= 0.3 is 0 Å². The zero-order chi connectivity index (χ0) is 23.2. The summed E-state index contributed by atoms with van der Waals surface area (Å²) < 4.78 is 7.58. The lowest BCUT2D eigenvalue weighted by Gasteiger charge is -2.13. The van der Waals surface area contributed by atoms with Crippen molar-refractivity contribution in [2.45, 2.75) is 25.5 Å². The first-order chi connectivity index (χ1) is 16.1. The number of aromatic nitrogens is 3. The molecule has 3 aromatic carbocycles. The van der Waals surface area contributed by atoms with E-state index >= 15 is 0 Å². The second-order valence-electron chi connectivity index (χ2n) is 7.68. The molecule has 1 heterocycles. The lowest BCUT2D eigenvalue weighted by molar-refractivity contribution is -0.113. The van der Waals surface area contributed by atoms with Gasteiger partial charge in [0, 0.05) is 5.69 Å². The van der Waals surface area contributed by atoms with Crippen molar-refractivity contribution in [2.24, 2.45) is 0 Å². The van der Waals surface area contributed by atoms with Crippen LogP contribution in [0.2, 0.25) is 0 Å². The number of nitrogens with one attached hydrogen (secondary N) is 1. The highest BCUT2D eigenvalue weighted by molar-refractivity contribution is 7.99. The van der Waals surface area contributed by atoms with Gasteiger partial charge in [0.25, 0.3) is 0 Å². The Morgan fingerprint density at radius 1 is 0.939 bits per heavy atom. The Bertz CT molecular complexity index is 1230. The molecule has 33 heavy (non-hydrogen) atoms. The molecule has 4 aromatic rings. The van der Waals surface area contributed by atoms with E-state index in [9.17, 15) is 4.79 Å². The number of hydrogen-bond donors (Lipinski definition) is 1. The number of carbonyl (C=O) groups is 1. The van der Waals surface area contributed by atoms with Crippen molar-refractivity contribution >= 4 is 23.4 Å². The quantitative estimate of drug-likeness (QED) is 0.361. The zero-order valence-corrected chi connectivity index (χ0v) is 19.7. The first-order valence-corrected chi connectivity index (χ1v) is 11.6. The van der Waals surface area contributed by atoms with Crippen molar-refractivity contribution in [3.63, 3.8) is 0 Å². The van der Waals surface area contributed by atoms with Crippen LogP contribution in [-0.2, 0) is 11.3 Å². The molecule has 1 N–H and O–H groups in total. The minimum atomic E-state index is -0.0782. The second-order valence-corrected chi connectivity index (χ2v) is 8.62. The fraction of sp³-hybridized carbons (Fsp3) is 0.192. The van der Waals surface area contributed by atoms with Crippen LogP contribution < -0.4 is 10.1 Å². The van der Waals surface area contributed by atoms with Gasteiger partial charge in [-0.3, -0.25) is 9.36 Å². The monoisotopic (exact) mass is 458 g/mol. The van der Waals surface area contributed by atoms with Crippen molar-refractivity contribution < 1.29 is 9.53 Å². The van der Waals surface area contributed by atoms with Crippen LogP contribution >= 0.6 is 11.8 Å². The third-order valence-corrected chi connectivity index (χ3v) is 6.29. The Kier molecular flexibility index (Phi) is 7.10. The van der Waals surface area contributed by atoms with Crippen LogP contribution in [0.4, 0.5) is 5.69 Å². The molecule has 0 atom stereocenters. The molecule has 0 unspecified atom stereocenters. The minimum Gasteiger partial charge on any atom is -0.496 e. The average Bonchev–Trinajstić information content (AvgIpc) is 3.23. The summed E-state index contributed by atoms with van der Waals surface area (Å²) >= 11 is 1.37. The molecular formula is C26H26N4O2S. The normalized spacial score (nSPS) is 10.8. The molecule has 1 aromatic heterocycles. The summed E-state index contributed by atoms with van der Waals surface area (Å²) in [5.74, 6) is 1.58. The highest BCUT2D eigenvalue weighted by Gasteiger charge is 2.19. The summed E-state index contributed by atoms with van der Waals surface area (Å²) in [6.45, 7) is 4.57. The zero-order valence-electron chi connectivity index (χ0n) is 18.9. The van der Waals surface area contributed by atoms with Gasteiger partial charge in [0.1, 0.15) is 5.75 Å². The Balaban J connectivity index is 1.60. The summed E-state index contributed by atoms with van der Waals surface area (Å²) in [5.41, 5.74) is 4.92. The summed E-state index contributed by atoms with van der Waals surface area (Å²) in [4.78, 5) is 12.7. The lowest BCUT2D eigenvalue weighted by Crippen LogP contribution is -2.16. The number of anilines is 1. The fourth-order valence-corrected chi connectivity index (χ4v) is 4.39. The minimum absolute atomic E-state index is 0.0782. The molecule has 0 bridgehead atoms. The summed E-state index contributed by atoms with van der Waals surface area (Å²) in [5, 5.41) is 12.6. The van der Waals surface area contributed by atoms with Crippen molar-refractivity contribution in [2.75, 3.05) is 18.2 Å². The molecule has 0 spiro atoms. The van der Waals surface area contributed by atoms with Crippen LogP contribution in [0.3, 0.4) is 0 Å². The van der Waals surface area contributed by atoms with E-state index in [4.69, 9.17) is 4.74 Å². The van der Waals surface area contributed by atoms with Crippen LogP contribution in [0.5, 0.6) is 5.75 Å². The number of rotatable bonds is 8. The number of ether oxygens (including phenoxy) is 1. The van der Waals surface area contributed by atoms with Gasteiger partial charge in [0.05, 0.1) is 25.0 Å². The van der Waals surface area contributed by atoms with Crippen molar-refractivity contribution in [1.29, 1.82) is 0 Å². The van der Waals surface area contributed by atoms with Crippen LogP contribution in [-0.4, -0.2) is 33.5 Å². The number of thioether (sulfide) groups is 1. The first kappa shape index (κ1) is 22.6. The summed E-state index contributed by atoms with van der Waals surface area (Å²) in [7, 11) is 1.64. The lowest BCUT2D eigenvalue weighted by atomic mass is 10.1. The van der Waals surface area contributed by atoms with Crippen molar-refractivity contribution in [3.8, 4) is 17.1 Å². The van der Waals surface area contributed by atoms with E-state index in [-0.39, 0.29) is 11.7 Å². The largest absolute Gasteiger partial charge is 0.496 e. The van der Waals surface area contributed by atoms with Gasteiger partial charge in [-0.15, -0.1) is 10.2 Å². The number of nitrogens with zero attached hydrogens (tertiary/aromatic N) is 3. The standard InChI is InChI=1S/C26H26N4O2S/c1-18-10-9-11-19(2)24(18)27-23(31)17-33-26-29-28-25(21-14-7-8-15-22(21)32-3)30(26)16-20-12-5-4-6-13-20/h4-15H,16-17H2,1-3H3,(H,27,31). The van der Waals surface area contributed by atoms with E-state index in [1.807, 2.05) is 79.1 Å². The molecule has 0 saturated carbocycles. The maximum atomic E-state index is 12.7. The number of hydrogen-bond acceptors (Lipinski definition) is 5. The predicted molar refractivity (Wildman–Crippen MR) is 133 cm³/mol. The third-order valence-electron chi connectivity index (χ3n) is 5.33. The molecule has 6 nitrogen and oxygen atoms in total. The molecule has 0 aliphatic heterocycles. The van der Waals surface area contributed by atoms with Gasteiger partial charge in [-0.25, -0.2) is 0 Å². The van der Waals surface area contributed by atoms with Gasteiger partial charge in [-0.2, -0.15) is 0 Å². The number of amides is 1. The molecule has 168 valence electrons. The first-order valence-electron chi connectivity index (χ1n) is 10.7. The van der Waals surface area contributed by atoms with Crippen LogP contribution in [0, 0.1) is 13.8 Å². The van der Waals surface area contributed by atoms with Crippen molar-refractivity contribution in [3.05, 3.63) is 89.5 Å². The van der Waals surface area contributed by atoms with Gasteiger partial charge in [0.15, 0.2) is 11.0 Å². The SMILES string of the molecule is COc1ccccc1-c1nnc(SCC(=O)Nc2c(C)cccc2C)n1Cc1ccccc1. The Labute approximate surface area is 198 Å². The van der Waals surface area contributed by atoms with Crippen molar-refractivity contribution in [1.82, 2.24) is 14.8 Å². The molecule has 0 fully saturated rings. The maximum Gasteiger partial charge on any atom is 0.234 e. The number of methoxy groups -OCH3 is 1. The molecule has 7 heteroatoms. The number of benzene rings is 3. The highest BCUT2D eigenvalue weighted by Crippen LogP contribution is 2.31. The maximum absolute atomic E-state index is 12.7. The van der Waals surface area contributed by atoms with E-state index in [0.717, 1.165) is 33.7 Å². The summed E-state index contributed by atoms with van der Waals surface area (Å²) in [6, 6.07) is 23.8. The van der Waals surface area contributed by atoms with Gasteiger partial charge in [0.2, 0.25) is 5.91 Å². The van der Waals surface area contributed by atoms with Crippen LogP contribution in [0.1, 0.15) is 16.7 Å².